The molecule has 0 fully saturated rings. The van der Waals surface area contributed by atoms with E-state index in [-0.39, 0.29) is 11.6 Å². The van der Waals surface area contributed by atoms with E-state index in [0.29, 0.717) is 5.56 Å². The molecule has 1 aliphatic heterocycles. The Kier molecular flexibility index (Phi) is 3.48. The summed E-state index contributed by atoms with van der Waals surface area (Å²) in [4.78, 5) is 12.4. The van der Waals surface area contributed by atoms with Crippen molar-refractivity contribution in [1.82, 2.24) is 0 Å². The van der Waals surface area contributed by atoms with Gasteiger partial charge in [0.2, 0.25) is 0 Å². The maximum absolute atomic E-state index is 13.7. The van der Waals surface area contributed by atoms with Crippen molar-refractivity contribution in [3.63, 3.8) is 0 Å². The van der Waals surface area contributed by atoms with Gasteiger partial charge < -0.3 is 16.0 Å². The molecular formula is C16H16FN3O. The lowest BCUT2D eigenvalue weighted by molar-refractivity contribution is 0.102. The molecule has 0 bridgehead atoms. The summed E-state index contributed by atoms with van der Waals surface area (Å²) in [6.07, 6.45) is 0. The molecule has 0 aromatic heterocycles. The van der Waals surface area contributed by atoms with Crippen LogP contribution >= 0.6 is 0 Å². The Bertz CT molecular complexity index is 700. The second-order valence-electron chi connectivity index (χ2n) is 5.02. The number of anilines is 3. The second-order valence-corrected chi connectivity index (χ2v) is 5.02. The van der Waals surface area contributed by atoms with Gasteiger partial charge in [0.05, 0.1) is 22.6 Å². The summed E-state index contributed by atoms with van der Waals surface area (Å²) in [5.74, 6) is -0.766. The number of benzene rings is 2. The first-order valence-electron chi connectivity index (χ1n) is 6.83. The second kappa shape index (κ2) is 5.44. The lowest BCUT2D eigenvalue weighted by Gasteiger charge is -2.22. The van der Waals surface area contributed by atoms with Crippen molar-refractivity contribution in [2.45, 2.75) is 6.92 Å². The van der Waals surface area contributed by atoms with E-state index in [1.54, 1.807) is 24.3 Å². The van der Waals surface area contributed by atoms with Crippen molar-refractivity contribution in [2.75, 3.05) is 29.0 Å². The van der Waals surface area contributed by atoms with Crippen LogP contribution in [0.5, 0.6) is 0 Å². The number of nitrogens with one attached hydrogen (secondary N) is 3. The predicted octanol–water partition coefficient (Wildman–Crippen LogP) is 3.22. The van der Waals surface area contributed by atoms with Crippen LogP contribution in [0, 0.1) is 12.7 Å². The lowest BCUT2D eigenvalue weighted by atomic mass is 10.1. The molecule has 3 rings (SSSR count). The fourth-order valence-corrected chi connectivity index (χ4v) is 2.39. The standard InChI is InChI=1S/C16H16FN3O/c1-10-5-6-12(17)14(9-10)20-16(21)11-3-2-4-13-15(11)19-8-7-18-13/h2-6,9,18-19H,7-8H2,1H3,(H,20,21). The maximum Gasteiger partial charge on any atom is 0.257 e. The Hall–Kier alpha value is -2.56. The highest BCUT2D eigenvalue weighted by atomic mass is 19.1. The largest absolute Gasteiger partial charge is 0.382 e. The number of fused-ring (bicyclic) bond motifs is 1. The summed E-state index contributed by atoms with van der Waals surface area (Å²) in [6.45, 7) is 3.41. The van der Waals surface area contributed by atoms with Crippen molar-refractivity contribution in [3.05, 3.63) is 53.3 Å². The van der Waals surface area contributed by atoms with Gasteiger partial charge in [0, 0.05) is 13.1 Å². The van der Waals surface area contributed by atoms with Crippen LogP contribution in [0.15, 0.2) is 36.4 Å². The average Bonchev–Trinajstić information content (AvgIpc) is 2.50. The Labute approximate surface area is 122 Å². The summed E-state index contributed by atoms with van der Waals surface area (Å²) < 4.78 is 13.7. The van der Waals surface area contributed by atoms with E-state index in [4.69, 9.17) is 0 Å². The van der Waals surface area contributed by atoms with E-state index >= 15 is 0 Å². The highest BCUT2D eigenvalue weighted by molar-refractivity contribution is 6.10. The van der Waals surface area contributed by atoms with Gasteiger partial charge >= 0.3 is 0 Å². The first-order valence-corrected chi connectivity index (χ1v) is 6.83. The van der Waals surface area contributed by atoms with Crippen LogP contribution in [0.1, 0.15) is 15.9 Å². The minimum atomic E-state index is -0.440. The highest BCUT2D eigenvalue weighted by Gasteiger charge is 2.18. The van der Waals surface area contributed by atoms with Crippen LogP contribution in [-0.4, -0.2) is 19.0 Å². The van der Waals surface area contributed by atoms with Crippen molar-refractivity contribution in [2.24, 2.45) is 0 Å². The first kappa shape index (κ1) is 13.4. The molecule has 0 spiro atoms. The highest BCUT2D eigenvalue weighted by Crippen LogP contribution is 2.29. The van der Waals surface area contributed by atoms with E-state index in [1.807, 2.05) is 13.0 Å². The molecule has 0 atom stereocenters. The third-order valence-electron chi connectivity index (χ3n) is 3.42. The Morgan fingerprint density at radius 1 is 1.19 bits per heavy atom. The number of carbonyl (C=O) groups excluding carboxylic acids is 1. The van der Waals surface area contributed by atoms with Crippen LogP contribution < -0.4 is 16.0 Å². The van der Waals surface area contributed by atoms with Crippen LogP contribution in [0.2, 0.25) is 0 Å². The van der Waals surface area contributed by atoms with Gasteiger partial charge in [-0.3, -0.25) is 4.79 Å². The molecular weight excluding hydrogens is 269 g/mol. The molecule has 0 unspecified atom stereocenters. The van der Waals surface area contributed by atoms with Gasteiger partial charge in [-0.25, -0.2) is 4.39 Å². The van der Waals surface area contributed by atoms with Crippen molar-refractivity contribution in [3.8, 4) is 0 Å². The van der Waals surface area contributed by atoms with Gasteiger partial charge in [-0.05, 0) is 36.8 Å². The van der Waals surface area contributed by atoms with Gasteiger partial charge in [-0.1, -0.05) is 12.1 Å². The first-order chi connectivity index (χ1) is 10.1. The quantitative estimate of drug-likeness (QED) is 0.794. The van der Waals surface area contributed by atoms with Crippen LogP contribution in [0.3, 0.4) is 0 Å². The summed E-state index contributed by atoms with van der Waals surface area (Å²) in [7, 11) is 0. The third kappa shape index (κ3) is 2.67. The van der Waals surface area contributed by atoms with Crippen molar-refractivity contribution in [1.29, 1.82) is 0 Å². The molecule has 0 saturated heterocycles. The average molecular weight is 285 g/mol. The molecule has 0 aliphatic carbocycles. The summed E-state index contributed by atoms with van der Waals surface area (Å²) in [5, 5.41) is 9.07. The minimum absolute atomic E-state index is 0.196. The molecule has 21 heavy (non-hydrogen) atoms. The number of rotatable bonds is 2. The minimum Gasteiger partial charge on any atom is -0.382 e. The van der Waals surface area contributed by atoms with Crippen molar-refractivity contribution >= 4 is 23.0 Å². The third-order valence-corrected chi connectivity index (χ3v) is 3.42. The Morgan fingerprint density at radius 2 is 2.00 bits per heavy atom. The van der Waals surface area contributed by atoms with E-state index in [0.717, 1.165) is 30.0 Å². The van der Waals surface area contributed by atoms with E-state index in [9.17, 15) is 9.18 Å². The summed E-state index contributed by atoms with van der Waals surface area (Å²) >= 11 is 0. The van der Waals surface area contributed by atoms with Crippen LogP contribution in [-0.2, 0) is 0 Å². The van der Waals surface area contributed by atoms with E-state index in [1.165, 1.54) is 6.07 Å². The SMILES string of the molecule is Cc1ccc(F)c(NC(=O)c2cccc3c2NCCN3)c1. The maximum atomic E-state index is 13.7. The summed E-state index contributed by atoms with van der Waals surface area (Å²) in [6, 6.07) is 10.1. The fraction of sp³-hybridized carbons (Fsp3) is 0.188. The Balaban J connectivity index is 1.91. The lowest BCUT2D eigenvalue weighted by Crippen LogP contribution is -2.24. The van der Waals surface area contributed by atoms with Gasteiger partial charge in [-0.2, -0.15) is 0 Å². The topological polar surface area (TPSA) is 53.2 Å². The van der Waals surface area contributed by atoms with E-state index in [2.05, 4.69) is 16.0 Å². The normalized spacial score (nSPS) is 12.9. The van der Waals surface area contributed by atoms with Crippen LogP contribution in [0.25, 0.3) is 0 Å². The van der Waals surface area contributed by atoms with Gasteiger partial charge in [0.15, 0.2) is 0 Å². The molecule has 4 nitrogen and oxygen atoms in total. The number of aryl methyl sites for hydroxylation is 1. The molecule has 3 N–H and O–H groups in total. The molecule has 1 heterocycles. The zero-order valence-electron chi connectivity index (χ0n) is 11.7. The molecule has 0 saturated carbocycles. The zero-order valence-corrected chi connectivity index (χ0v) is 11.7. The number of hydrogen-bond acceptors (Lipinski definition) is 3. The van der Waals surface area contributed by atoms with Gasteiger partial charge in [0.1, 0.15) is 5.82 Å². The molecule has 2 aromatic rings. The molecule has 5 heteroatoms. The Morgan fingerprint density at radius 3 is 2.86 bits per heavy atom. The van der Waals surface area contributed by atoms with Crippen molar-refractivity contribution < 1.29 is 9.18 Å². The molecule has 2 aromatic carbocycles. The number of amides is 1. The number of hydrogen-bond donors (Lipinski definition) is 3. The number of para-hydroxylation sites is 1. The zero-order chi connectivity index (χ0) is 14.8. The monoisotopic (exact) mass is 285 g/mol. The molecule has 1 aliphatic rings. The molecule has 1 amide bonds. The molecule has 108 valence electrons. The van der Waals surface area contributed by atoms with Gasteiger partial charge in [0.25, 0.3) is 5.91 Å². The molecule has 0 radical (unpaired) electrons. The predicted molar refractivity (Wildman–Crippen MR) is 82.5 cm³/mol. The van der Waals surface area contributed by atoms with E-state index < -0.39 is 5.82 Å². The number of carbonyl (C=O) groups is 1. The van der Waals surface area contributed by atoms with Gasteiger partial charge in [-0.15, -0.1) is 0 Å². The number of halogens is 1. The fourth-order valence-electron chi connectivity index (χ4n) is 2.39. The summed E-state index contributed by atoms with van der Waals surface area (Å²) in [5.41, 5.74) is 3.23. The smallest absolute Gasteiger partial charge is 0.257 e. The van der Waals surface area contributed by atoms with Crippen LogP contribution in [0.4, 0.5) is 21.5 Å².